The number of amides is 1. The molecule has 1 aromatic carbocycles. The van der Waals surface area contributed by atoms with Crippen molar-refractivity contribution in [2.24, 2.45) is 0 Å². The molecule has 0 bridgehead atoms. The summed E-state index contributed by atoms with van der Waals surface area (Å²) in [5.74, 6) is -1.50. The Balaban J connectivity index is 1.98. The summed E-state index contributed by atoms with van der Waals surface area (Å²) in [6, 6.07) is 3.92. The molecule has 1 amide bonds. The van der Waals surface area contributed by atoms with Crippen molar-refractivity contribution in [1.82, 2.24) is 14.9 Å². The highest BCUT2D eigenvalue weighted by molar-refractivity contribution is 7.03. The summed E-state index contributed by atoms with van der Waals surface area (Å²) in [5.41, 5.74) is 0.783. The van der Waals surface area contributed by atoms with Gasteiger partial charge >= 0.3 is 0 Å². The van der Waals surface area contributed by atoms with E-state index in [1.54, 1.807) is 0 Å². The van der Waals surface area contributed by atoms with Gasteiger partial charge in [0.05, 0.1) is 0 Å². The molecule has 0 fully saturated rings. The number of phenolic OH excluding ortho intramolecular Hbond substituents is 1. The smallest absolute Gasteiger partial charge is 0.273 e. The zero-order valence-corrected chi connectivity index (χ0v) is 9.37. The molecule has 1 heterocycles. The van der Waals surface area contributed by atoms with Gasteiger partial charge in [-0.1, -0.05) is 10.6 Å². The van der Waals surface area contributed by atoms with Crippen LogP contribution in [-0.2, 0) is 6.54 Å². The Labute approximate surface area is 100 Å². The highest BCUT2D eigenvalue weighted by Crippen LogP contribution is 2.15. The van der Waals surface area contributed by atoms with Crippen LogP contribution in [0, 0.1) is 5.82 Å². The van der Waals surface area contributed by atoms with Crippen LogP contribution >= 0.6 is 11.5 Å². The number of aromatic hydroxyl groups is 1. The number of nitrogens with zero attached hydrogens (tertiary/aromatic N) is 2. The molecular weight excluding hydrogens is 245 g/mol. The van der Waals surface area contributed by atoms with Crippen molar-refractivity contribution in [3.63, 3.8) is 0 Å². The third-order valence-electron chi connectivity index (χ3n) is 2.06. The molecule has 17 heavy (non-hydrogen) atoms. The van der Waals surface area contributed by atoms with Crippen molar-refractivity contribution < 1.29 is 14.3 Å². The van der Waals surface area contributed by atoms with Crippen molar-refractivity contribution >= 4 is 17.4 Å². The number of nitrogens with one attached hydrogen (secondary N) is 1. The minimum absolute atomic E-state index is 0.160. The van der Waals surface area contributed by atoms with Gasteiger partial charge in [0, 0.05) is 11.9 Å². The van der Waals surface area contributed by atoms with Crippen LogP contribution in [0.3, 0.4) is 0 Å². The van der Waals surface area contributed by atoms with E-state index >= 15 is 0 Å². The number of benzene rings is 1. The van der Waals surface area contributed by atoms with E-state index in [1.165, 1.54) is 17.5 Å². The zero-order valence-electron chi connectivity index (χ0n) is 8.55. The van der Waals surface area contributed by atoms with Crippen LogP contribution in [0.5, 0.6) is 5.75 Å². The Kier molecular flexibility index (Phi) is 3.29. The molecule has 0 atom stereocenters. The van der Waals surface area contributed by atoms with Crippen LogP contribution in [0.1, 0.15) is 16.1 Å². The lowest BCUT2D eigenvalue weighted by molar-refractivity contribution is 0.0946. The first-order chi connectivity index (χ1) is 8.16. The Hall–Kier alpha value is -2.02. The van der Waals surface area contributed by atoms with Crippen LogP contribution in [0.2, 0.25) is 0 Å². The normalized spacial score (nSPS) is 10.2. The van der Waals surface area contributed by atoms with E-state index in [2.05, 4.69) is 14.9 Å². The highest BCUT2D eigenvalue weighted by atomic mass is 32.1. The first-order valence-electron chi connectivity index (χ1n) is 4.69. The lowest BCUT2D eigenvalue weighted by atomic mass is 10.2. The molecule has 1 aromatic heterocycles. The Morgan fingerprint density at radius 1 is 1.53 bits per heavy atom. The average Bonchev–Trinajstić information content (AvgIpc) is 2.84. The zero-order chi connectivity index (χ0) is 12.3. The van der Waals surface area contributed by atoms with Crippen molar-refractivity contribution in [2.75, 3.05) is 0 Å². The molecule has 0 aliphatic heterocycles. The Morgan fingerprint density at radius 2 is 2.35 bits per heavy atom. The maximum absolute atomic E-state index is 13.0. The summed E-state index contributed by atoms with van der Waals surface area (Å²) < 4.78 is 16.6. The van der Waals surface area contributed by atoms with Gasteiger partial charge in [-0.25, -0.2) is 4.39 Å². The second-order valence-electron chi connectivity index (χ2n) is 3.26. The number of phenols is 1. The van der Waals surface area contributed by atoms with Gasteiger partial charge in [0.15, 0.2) is 17.3 Å². The molecule has 0 saturated heterocycles. The highest BCUT2D eigenvalue weighted by Gasteiger charge is 2.08. The SMILES string of the molecule is O=C(NCc1ccc(O)c(F)c1)c1csnn1. The van der Waals surface area contributed by atoms with E-state index in [4.69, 9.17) is 5.11 Å². The number of hydrogen-bond acceptors (Lipinski definition) is 5. The summed E-state index contributed by atoms with van der Waals surface area (Å²) in [5, 5.41) is 16.7. The van der Waals surface area contributed by atoms with E-state index in [-0.39, 0.29) is 18.1 Å². The number of halogens is 1. The van der Waals surface area contributed by atoms with Crippen molar-refractivity contribution in [2.45, 2.75) is 6.54 Å². The molecule has 7 heteroatoms. The molecule has 0 aliphatic carbocycles. The van der Waals surface area contributed by atoms with E-state index in [9.17, 15) is 9.18 Å². The lowest BCUT2D eigenvalue weighted by Gasteiger charge is -2.04. The third kappa shape index (κ3) is 2.76. The van der Waals surface area contributed by atoms with Crippen molar-refractivity contribution in [1.29, 1.82) is 0 Å². The molecule has 2 N–H and O–H groups in total. The first kappa shape index (κ1) is 11.5. The Morgan fingerprint density at radius 3 is 3.00 bits per heavy atom. The average molecular weight is 253 g/mol. The van der Waals surface area contributed by atoms with Crippen molar-refractivity contribution in [3.05, 3.63) is 40.7 Å². The number of carbonyl (C=O) groups excluding carboxylic acids is 1. The van der Waals surface area contributed by atoms with E-state index in [1.807, 2.05) is 0 Å². The monoisotopic (exact) mass is 253 g/mol. The van der Waals surface area contributed by atoms with Crippen LogP contribution in [0.15, 0.2) is 23.6 Å². The molecular formula is C10H8FN3O2S. The van der Waals surface area contributed by atoms with Gasteiger partial charge in [-0.3, -0.25) is 4.79 Å². The van der Waals surface area contributed by atoms with Gasteiger partial charge < -0.3 is 10.4 Å². The standard InChI is InChI=1S/C10H8FN3O2S/c11-7-3-6(1-2-9(7)15)4-12-10(16)8-5-17-14-13-8/h1-3,5,15H,4H2,(H,12,16). The minimum Gasteiger partial charge on any atom is -0.505 e. The third-order valence-corrected chi connectivity index (χ3v) is 2.56. The predicted molar refractivity (Wildman–Crippen MR) is 59.1 cm³/mol. The number of hydrogen-bond donors (Lipinski definition) is 2. The number of rotatable bonds is 3. The molecule has 2 rings (SSSR count). The van der Waals surface area contributed by atoms with Crippen molar-refractivity contribution in [3.8, 4) is 5.75 Å². The molecule has 0 spiro atoms. The molecule has 0 aliphatic rings. The second-order valence-corrected chi connectivity index (χ2v) is 3.87. The van der Waals surface area contributed by atoms with Gasteiger partial charge in [-0.05, 0) is 29.2 Å². The molecule has 88 valence electrons. The fourth-order valence-corrected chi connectivity index (χ4v) is 1.63. The van der Waals surface area contributed by atoms with Crippen LogP contribution < -0.4 is 5.32 Å². The first-order valence-corrected chi connectivity index (χ1v) is 5.53. The topological polar surface area (TPSA) is 75.1 Å². The largest absolute Gasteiger partial charge is 0.505 e. The van der Waals surface area contributed by atoms with E-state index in [0.29, 0.717) is 5.56 Å². The predicted octanol–water partition coefficient (Wildman–Crippen LogP) is 1.31. The minimum atomic E-state index is -0.716. The molecule has 0 radical (unpaired) electrons. The summed E-state index contributed by atoms with van der Waals surface area (Å²) in [7, 11) is 0. The Bertz CT molecular complexity index is 530. The lowest BCUT2D eigenvalue weighted by Crippen LogP contribution is -2.23. The summed E-state index contributed by atoms with van der Waals surface area (Å²) in [6.07, 6.45) is 0. The van der Waals surface area contributed by atoms with Gasteiger partial charge in [0.1, 0.15) is 0 Å². The fraction of sp³-hybridized carbons (Fsp3) is 0.100. The van der Waals surface area contributed by atoms with Gasteiger partial charge in [-0.15, -0.1) is 5.10 Å². The van der Waals surface area contributed by atoms with Gasteiger partial charge in [0.2, 0.25) is 0 Å². The van der Waals surface area contributed by atoms with Gasteiger partial charge in [-0.2, -0.15) is 0 Å². The van der Waals surface area contributed by atoms with Crippen LogP contribution in [-0.4, -0.2) is 20.6 Å². The summed E-state index contributed by atoms with van der Waals surface area (Å²) >= 11 is 1.08. The van der Waals surface area contributed by atoms with Crippen LogP contribution in [0.25, 0.3) is 0 Å². The molecule has 5 nitrogen and oxygen atoms in total. The maximum atomic E-state index is 13.0. The fourth-order valence-electron chi connectivity index (χ4n) is 1.20. The molecule has 0 unspecified atom stereocenters. The summed E-state index contributed by atoms with van der Waals surface area (Å²) in [6.45, 7) is 0.160. The van der Waals surface area contributed by atoms with E-state index in [0.717, 1.165) is 17.6 Å². The van der Waals surface area contributed by atoms with E-state index < -0.39 is 11.6 Å². The second kappa shape index (κ2) is 4.88. The molecule has 0 saturated carbocycles. The van der Waals surface area contributed by atoms with Gasteiger partial charge in [0.25, 0.3) is 5.91 Å². The summed E-state index contributed by atoms with van der Waals surface area (Å²) in [4.78, 5) is 11.5. The quantitative estimate of drug-likeness (QED) is 0.864. The van der Waals surface area contributed by atoms with Crippen LogP contribution in [0.4, 0.5) is 4.39 Å². The maximum Gasteiger partial charge on any atom is 0.273 e. The number of aromatic nitrogens is 2. The molecule has 2 aromatic rings. The number of carbonyl (C=O) groups is 1.